The minimum atomic E-state index is 0.135. The Hall–Kier alpha value is -2.11. The van der Waals surface area contributed by atoms with Crippen molar-refractivity contribution in [3.05, 3.63) is 24.2 Å². The molecule has 1 aliphatic rings. The van der Waals surface area contributed by atoms with E-state index in [0.29, 0.717) is 17.5 Å². The molecule has 0 bridgehead atoms. The Morgan fingerprint density at radius 3 is 3.00 bits per heavy atom. The molecule has 2 unspecified atom stereocenters. The lowest BCUT2D eigenvalue weighted by Gasteiger charge is -2.23. The van der Waals surface area contributed by atoms with Gasteiger partial charge in [0.1, 0.15) is 5.82 Å². The van der Waals surface area contributed by atoms with Gasteiger partial charge in [-0.25, -0.2) is 9.98 Å². The van der Waals surface area contributed by atoms with E-state index in [4.69, 9.17) is 10.2 Å². The molecule has 2 aromatic heterocycles. The number of nitrogens with zero attached hydrogens (tertiary/aromatic N) is 4. The van der Waals surface area contributed by atoms with Crippen molar-refractivity contribution in [3.63, 3.8) is 0 Å². The SMILES string of the molecule is CCC1c2nc(-c3ccco3)nn2C(N)=NC1C. The highest BCUT2D eigenvalue weighted by molar-refractivity contribution is 5.81. The van der Waals surface area contributed by atoms with Crippen molar-refractivity contribution in [2.45, 2.75) is 32.2 Å². The van der Waals surface area contributed by atoms with E-state index in [1.54, 1.807) is 10.9 Å². The standard InChI is InChI=1S/C12H15N5O/c1-3-8-7(2)14-12(13)17-11(8)15-10(16-17)9-5-4-6-18-9/h4-8H,3H2,1-2H3,(H2,13,14). The van der Waals surface area contributed by atoms with Crippen LogP contribution in [0.1, 0.15) is 32.0 Å². The van der Waals surface area contributed by atoms with Crippen molar-refractivity contribution >= 4 is 5.96 Å². The van der Waals surface area contributed by atoms with Gasteiger partial charge in [-0.3, -0.25) is 0 Å². The second-order valence-electron chi connectivity index (χ2n) is 4.43. The van der Waals surface area contributed by atoms with Crippen LogP contribution in [0.15, 0.2) is 27.8 Å². The van der Waals surface area contributed by atoms with Gasteiger partial charge in [-0.05, 0) is 25.5 Å². The second kappa shape index (κ2) is 3.97. The van der Waals surface area contributed by atoms with Gasteiger partial charge in [0.15, 0.2) is 5.76 Å². The second-order valence-corrected chi connectivity index (χ2v) is 4.43. The first kappa shape index (κ1) is 11.0. The fourth-order valence-corrected chi connectivity index (χ4v) is 2.34. The first-order valence-electron chi connectivity index (χ1n) is 6.05. The highest BCUT2D eigenvalue weighted by Crippen LogP contribution is 2.29. The van der Waals surface area contributed by atoms with E-state index in [0.717, 1.165) is 12.2 Å². The van der Waals surface area contributed by atoms with Gasteiger partial charge in [-0.2, -0.15) is 4.68 Å². The van der Waals surface area contributed by atoms with E-state index in [1.165, 1.54) is 0 Å². The molecule has 3 heterocycles. The van der Waals surface area contributed by atoms with Crippen LogP contribution in [-0.2, 0) is 0 Å². The summed E-state index contributed by atoms with van der Waals surface area (Å²) in [7, 11) is 0. The number of furan rings is 1. The molecular formula is C12H15N5O. The smallest absolute Gasteiger partial charge is 0.218 e. The molecular weight excluding hydrogens is 230 g/mol. The van der Waals surface area contributed by atoms with Crippen molar-refractivity contribution in [1.82, 2.24) is 14.8 Å². The molecule has 3 rings (SSSR count). The Kier molecular flexibility index (Phi) is 2.43. The molecule has 0 aliphatic carbocycles. The maximum Gasteiger partial charge on any atom is 0.218 e. The van der Waals surface area contributed by atoms with Gasteiger partial charge in [0.25, 0.3) is 0 Å². The van der Waals surface area contributed by atoms with E-state index in [-0.39, 0.29) is 12.0 Å². The van der Waals surface area contributed by atoms with Crippen LogP contribution in [-0.4, -0.2) is 26.8 Å². The quantitative estimate of drug-likeness (QED) is 0.871. The summed E-state index contributed by atoms with van der Waals surface area (Å²) in [6.07, 6.45) is 2.56. The Morgan fingerprint density at radius 1 is 1.50 bits per heavy atom. The zero-order chi connectivity index (χ0) is 12.7. The summed E-state index contributed by atoms with van der Waals surface area (Å²) >= 11 is 0. The summed E-state index contributed by atoms with van der Waals surface area (Å²) in [6.45, 7) is 4.16. The van der Waals surface area contributed by atoms with Crippen molar-refractivity contribution < 1.29 is 4.42 Å². The molecule has 0 fully saturated rings. The summed E-state index contributed by atoms with van der Waals surface area (Å²) in [6, 6.07) is 3.78. The predicted molar refractivity (Wildman–Crippen MR) is 67.2 cm³/mol. The van der Waals surface area contributed by atoms with Crippen molar-refractivity contribution in [3.8, 4) is 11.6 Å². The van der Waals surface area contributed by atoms with Gasteiger partial charge in [-0.15, -0.1) is 5.10 Å². The van der Waals surface area contributed by atoms with Gasteiger partial charge < -0.3 is 10.2 Å². The fourth-order valence-electron chi connectivity index (χ4n) is 2.34. The third-order valence-electron chi connectivity index (χ3n) is 3.28. The normalized spacial score (nSPS) is 22.7. The van der Waals surface area contributed by atoms with Crippen LogP contribution in [0, 0.1) is 0 Å². The molecule has 2 aromatic rings. The highest BCUT2D eigenvalue weighted by atomic mass is 16.3. The molecule has 2 N–H and O–H groups in total. The Morgan fingerprint density at radius 2 is 2.33 bits per heavy atom. The van der Waals surface area contributed by atoms with Crippen LogP contribution in [0.3, 0.4) is 0 Å². The molecule has 6 heteroatoms. The van der Waals surface area contributed by atoms with Gasteiger partial charge in [0, 0.05) is 5.92 Å². The zero-order valence-electron chi connectivity index (χ0n) is 10.4. The van der Waals surface area contributed by atoms with E-state index in [2.05, 4.69) is 22.0 Å². The number of hydrogen-bond donors (Lipinski definition) is 1. The third kappa shape index (κ3) is 1.53. The first-order chi connectivity index (χ1) is 8.70. The summed E-state index contributed by atoms with van der Waals surface area (Å²) in [5, 5.41) is 4.36. The van der Waals surface area contributed by atoms with Gasteiger partial charge in [0.05, 0.1) is 12.3 Å². The molecule has 0 saturated carbocycles. The number of nitrogens with two attached hydrogens (primary N) is 1. The van der Waals surface area contributed by atoms with Crippen LogP contribution in [0.25, 0.3) is 11.6 Å². The third-order valence-corrected chi connectivity index (χ3v) is 3.28. The number of rotatable bonds is 2. The van der Waals surface area contributed by atoms with Crippen LogP contribution < -0.4 is 5.73 Å². The molecule has 0 radical (unpaired) electrons. The number of hydrogen-bond acceptors (Lipinski definition) is 5. The summed E-state index contributed by atoms with van der Waals surface area (Å²) in [4.78, 5) is 8.94. The topological polar surface area (TPSA) is 82.2 Å². The monoisotopic (exact) mass is 245 g/mol. The van der Waals surface area contributed by atoms with Gasteiger partial charge in [0.2, 0.25) is 11.8 Å². The molecule has 6 nitrogen and oxygen atoms in total. The van der Waals surface area contributed by atoms with Crippen LogP contribution in [0.5, 0.6) is 0 Å². The molecule has 0 amide bonds. The average Bonchev–Trinajstić information content (AvgIpc) is 2.97. The Bertz CT molecular complexity index is 584. The van der Waals surface area contributed by atoms with Gasteiger partial charge >= 0.3 is 0 Å². The molecule has 0 spiro atoms. The summed E-state index contributed by atoms with van der Waals surface area (Å²) in [5.74, 6) is 2.71. The lowest BCUT2D eigenvalue weighted by molar-refractivity contribution is 0.496. The molecule has 1 aliphatic heterocycles. The number of fused-ring (bicyclic) bond motifs is 1. The zero-order valence-corrected chi connectivity index (χ0v) is 10.4. The first-order valence-corrected chi connectivity index (χ1v) is 6.05. The largest absolute Gasteiger partial charge is 0.461 e. The van der Waals surface area contributed by atoms with E-state index >= 15 is 0 Å². The van der Waals surface area contributed by atoms with Crippen molar-refractivity contribution in [1.29, 1.82) is 0 Å². The lowest BCUT2D eigenvalue weighted by atomic mass is 9.97. The minimum absolute atomic E-state index is 0.135. The maximum atomic E-state index is 5.90. The molecule has 2 atom stereocenters. The molecule has 94 valence electrons. The van der Waals surface area contributed by atoms with Crippen molar-refractivity contribution in [2.24, 2.45) is 10.7 Å². The van der Waals surface area contributed by atoms with Crippen LogP contribution >= 0.6 is 0 Å². The maximum absolute atomic E-state index is 5.90. The predicted octanol–water partition coefficient (Wildman–Crippen LogP) is 1.60. The fraction of sp³-hybridized carbons (Fsp3) is 0.417. The molecule has 0 saturated heterocycles. The number of aliphatic imine (C=N–C) groups is 1. The van der Waals surface area contributed by atoms with E-state index < -0.39 is 0 Å². The van der Waals surface area contributed by atoms with Crippen molar-refractivity contribution in [2.75, 3.05) is 0 Å². The van der Waals surface area contributed by atoms with E-state index in [9.17, 15) is 0 Å². The van der Waals surface area contributed by atoms with Gasteiger partial charge in [-0.1, -0.05) is 6.92 Å². The molecule has 18 heavy (non-hydrogen) atoms. The minimum Gasteiger partial charge on any atom is -0.461 e. The molecule has 0 aromatic carbocycles. The number of aromatic nitrogens is 3. The summed E-state index contributed by atoms with van der Waals surface area (Å²) < 4.78 is 6.93. The Labute approximate surface area is 105 Å². The lowest BCUT2D eigenvalue weighted by Crippen LogP contribution is -2.35. The van der Waals surface area contributed by atoms with Crippen LogP contribution in [0.4, 0.5) is 0 Å². The summed E-state index contributed by atoms with van der Waals surface area (Å²) in [5.41, 5.74) is 5.90. The highest BCUT2D eigenvalue weighted by Gasteiger charge is 2.30. The van der Waals surface area contributed by atoms with Crippen LogP contribution in [0.2, 0.25) is 0 Å². The Balaban J connectivity index is 2.11. The average molecular weight is 245 g/mol. The van der Waals surface area contributed by atoms with E-state index in [1.807, 2.05) is 19.1 Å².